The lowest BCUT2D eigenvalue weighted by molar-refractivity contribution is -0.174. The highest BCUT2D eigenvalue weighted by Crippen LogP contribution is 2.33. The third-order valence-electron chi connectivity index (χ3n) is 2.71. The molecule has 0 spiro atoms. The van der Waals surface area contributed by atoms with Crippen LogP contribution in [0, 0.1) is 11.3 Å². The van der Waals surface area contributed by atoms with E-state index in [0.717, 1.165) is 0 Å². The van der Waals surface area contributed by atoms with Gasteiger partial charge in [-0.15, -0.1) is 0 Å². The van der Waals surface area contributed by atoms with Crippen LogP contribution in [-0.4, -0.2) is 33.7 Å². The molecule has 1 rings (SSSR count). The Morgan fingerprint density at radius 3 is 2.31 bits per heavy atom. The zero-order chi connectivity index (χ0) is 20.2. The van der Waals surface area contributed by atoms with Gasteiger partial charge in [0.15, 0.2) is 0 Å². The van der Waals surface area contributed by atoms with Crippen molar-refractivity contribution in [3.8, 4) is 6.07 Å². The molecule has 0 aromatic heterocycles. The second-order valence-corrected chi connectivity index (χ2v) is 6.45. The minimum atomic E-state index is -5.01. The zero-order valence-corrected chi connectivity index (χ0v) is 13.4. The summed E-state index contributed by atoms with van der Waals surface area (Å²) in [6.07, 6.45) is -10.4. The molecule has 1 aromatic carbocycles. The Morgan fingerprint density at radius 2 is 1.81 bits per heavy atom. The summed E-state index contributed by atoms with van der Waals surface area (Å²) < 4.78 is 103. The minimum Gasteiger partial charge on any atom is -0.372 e. The molecule has 0 fully saturated rings. The average molecular weight is 404 g/mol. The van der Waals surface area contributed by atoms with Gasteiger partial charge in [0.2, 0.25) is 5.91 Å². The normalized spacial score (nSPS) is 12.5. The van der Waals surface area contributed by atoms with Crippen molar-refractivity contribution in [1.82, 2.24) is 4.72 Å². The quantitative estimate of drug-likeness (QED) is 0.580. The predicted octanol–water partition coefficient (Wildman–Crippen LogP) is 2.35. The van der Waals surface area contributed by atoms with Gasteiger partial charge in [-0.3, -0.25) is 4.79 Å². The van der Waals surface area contributed by atoms with Crippen LogP contribution < -0.4 is 4.72 Å². The molecule has 0 saturated heterocycles. The number of sulfonamides is 1. The fourth-order valence-electron chi connectivity index (χ4n) is 1.64. The van der Waals surface area contributed by atoms with Gasteiger partial charge in [-0.2, -0.15) is 31.6 Å². The van der Waals surface area contributed by atoms with Gasteiger partial charge in [0.05, 0.1) is 35.1 Å². The number of carbonyl (C=O) groups excluding carboxylic acids is 1. The first-order valence-electron chi connectivity index (χ1n) is 6.58. The van der Waals surface area contributed by atoms with Crippen molar-refractivity contribution < 1.29 is 44.3 Å². The number of ether oxygens (including phenoxy) is 1. The summed E-state index contributed by atoms with van der Waals surface area (Å²) in [6.45, 7) is -2.39. The lowest BCUT2D eigenvalue weighted by Crippen LogP contribution is -2.32. The predicted molar refractivity (Wildman–Crippen MR) is 73.0 cm³/mol. The lowest BCUT2D eigenvalue weighted by Gasteiger charge is -2.12. The van der Waals surface area contributed by atoms with Gasteiger partial charge in [-0.25, -0.2) is 13.1 Å². The zero-order valence-electron chi connectivity index (χ0n) is 12.6. The maximum Gasteiger partial charge on any atom is 0.417 e. The van der Waals surface area contributed by atoms with Crippen LogP contribution in [0.25, 0.3) is 0 Å². The number of alkyl halides is 6. The van der Waals surface area contributed by atoms with E-state index in [1.54, 1.807) is 0 Å². The second-order valence-electron chi connectivity index (χ2n) is 4.76. The number of carbonyl (C=O) groups is 1. The largest absolute Gasteiger partial charge is 0.417 e. The summed E-state index contributed by atoms with van der Waals surface area (Å²) in [7, 11) is -4.72. The molecule has 1 N–H and O–H groups in total. The molecular weight excluding hydrogens is 394 g/mol. The molecule has 1 aromatic rings. The summed E-state index contributed by atoms with van der Waals surface area (Å²) in [5, 5.41) is 8.64. The van der Waals surface area contributed by atoms with Crippen LogP contribution in [0.4, 0.5) is 26.3 Å². The first kappa shape index (κ1) is 21.7. The molecule has 0 bridgehead atoms. The van der Waals surface area contributed by atoms with Gasteiger partial charge in [0.25, 0.3) is 10.0 Å². The van der Waals surface area contributed by atoms with Crippen LogP contribution in [0.2, 0.25) is 0 Å². The van der Waals surface area contributed by atoms with Gasteiger partial charge < -0.3 is 4.74 Å². The number of nitriles is 1. The maximum atomic E-state index is 12.8. The Kier molecular flexibility index (Phi) is 6.61. The van der Waals surface area contributed by atoms with E-state index in [9.17, 15) is 39.6 Å². The summed E-state index contributed by atoms with van der Waals surface area (Å²) in [4.78, 5) is 10.5. The SMILES string of the molecule is N#Cc1ccc(S(=O)(=O)NC(=O)CCOCC(F)(F)F)cc1C(F)(F)F. The van der Waals surface area contributed by atoms with Crippen molar-refractivity contribution in [3.05, 3.63) is 29.3 Å². The molecule has 26 heavy (non-hydrogen) atoms. The van der Waals surface area contributed by atoms with Crippen molar-refractivity contribution in [1.29, 1.82) is 5.26 Å². The van der Waals surface area contributed by atoms with Gasteiger partial charge in [-0.05, 0) is 18.2 Å². The van der Waals surface area contributed by atoms with Crippen LogP contribution in [0.3, 0.4) is 0 Å². The first-order valence-corrected chi connectivity index (χ1v) is 8.06. The van der Waals surface area contributed by atoms with Crippen LogP contribution in [0.1, 0.15) is 17.5 Å². The van der Waals surface area contributed by atoms with Gasteiger partial charge in [-0.1, -0.05) is 0 Å². The van der Waals surface area contributed by atoms with Crippen molar-refractivity contribution in [2.45, 2.75) is 23.7 Å². The van der Waals surface area contributed by atoms with Crippen molar-refractivity contribution >= 4 is 15.9 Å². The molecular formula is C13H10F6N2O4S. The van der Waals surface area contributed by atoms with Crippen LogP contribution in [0.15, 0.2) is 23.1 Å². The molecule has 144 valence electrons. The Morgan fingerprint density at radius 1 is 1.19 bits per heavy atom. The Hall–Kier alpha value is -2.33. The topological polar surface area (TPSA) is 96.3 Å². The number of benzene rings is 1. The van der Waals surface area contributed by atoms with E-state index in [-0.39, 0.29) is 6.07 Å². The van der Waals surface area contributed by atoms with Crippen molar-refractivity contribution in [2.24, 2.45) is 0 Å². The third-order valence-corrected chi connectivity index (χ3v) is 4.09. The summed E-state index contributed by atoms with van der Waals surface area (Å²) in [5.74, 6) is -1.27. The number of rotatable bonds is 6. The second kappa shape index (κ2) is 7.92. The fourth-order valence-corrected chi connectivity index (χ4v) is 2.67. The molecule has 0 aliphatic heterocycles. The number of amides is 1. The highest BCUT2D eigenvalue weighted by Gasteiger charge is 2.35. The number of halogens is 6. The van der Waals surface area contributed by atoms with Crippen LogP contribution in [0.5, 0.6) is 0 Å². The summed E-state index contributed by atoms with van der Waals surface area (Å²) >= 11 is 0. The van der Waals surface area contributed by atoms with Crippen molar-refractivity contribution in [2.75, 3.05) is 13.2 Å². The van der Waals surface area contributed by atoms with Gasteiger partial charge in [0.1, 0.15) is 6.61 Å². The molecule has 0 radical (unpaired) electrons. The Bertz CT molecular complexity index is 811. The fraction of sp³-hybridized carbons (Fsp3) is 0.385. The Labute approximate surface area is 143 Å². The molecule has 6 nitrogen and oxygen atoms in total. The average Bonchev–Trinajstić information content (AvgIpc) is 2.48. The molecule has 0 unspecified atom stereocenters. The molecule has 0 aliphatic carbocycles. The van der Waals surface area contributed by atoms with E-state index in [1.807, 2.05) is 0 Å². The number of hydrogen-bond acceptors (Lipinski definition) is 5. The molecule has 0 saturated carbocycles. The van der Waals surface area contributed by atoms with Crippen LogP contribution in [-0.2, 0) is 25.7 Å². The molecule has 0 aliphatic rings. The molecule has 1 amide bonds. The van der Waals surface area contributed by atoms with Gasteiger partial charge in [0, 0.05) is 0 Å². The first-order chi connectivity index (χ1) is 11.8. The molecule has 0 heterocycles. The monoisotopic (exact) mass is 404 g/mol. The lowest BCUT2D eigenvalue weighted by atomic mass is 10.1. The van der Waals surface area contributed by atoms with Crippen molar-refractivity contribution in [3.63, 3.8) is 0 Å². The van der Waals surface area contributed by atoms with E-state index < -0.39 is 63.9 Å². The third kappa shape index (κ3) is 6.52. The van der Waals surface area contributed by atoms with E-state index >= 15 is 0 Å². The number of nitrogens with one attached hydrogen (secondary N) is 1. The van der Waals surface area contributed by atoms with Crippen LogP contribution >= 0.6 is 0 Å². The number of nitrogens with zero attached hydrogens (tertiary/aromatic N) is 1. The van der Waals surface area contributed by atoms with E-state index in [1.165, 1.54) is 10.8 Å². The number of hydrogen-bond donors (Lipinski definition) is 1. The van der Waals surface area contributed by atoms with E-state index in [2.05, 4.69) is 4.74 Å². The highest BCUT2D eigenvalue weighted by molar-refractivity contribution is 7.90. The standard InChI is InChI=1S/C13H10F6N2O4S/c14-12(15,16)7-25-4-3-11(22)21-26(23,24)9-2-1-8(6-20)10(5-9)13(17,18)19/h1-2,5H,3-4,7H2,(H,21,22). The maximum absolute atomic E-state index is 12.8. The highest BCUT2D eigenvalue weighted by atomic mass is 32.2. The van der Waals surface area contributed by atoms with E-state index in [4.69, 9.17) is 5.26 Å². The molecule has 13 heteroatoms. The van der Waals surface area contributed by atoms with Gasteiger partial charge >= 0.3 is 12.4 Å². The van der Waals surface area contributed by atoms with E-state index in [0.29, 0.717) is 12.1 Å². The Balaban J connectivity index is 2.85. The summed E-state index contributed by atoms with van der Waals surface area (Å²) in [6, 6.07) is 2.74. The smallest absolute Gasteiger partial charge is 0.372 e. The molecule has 0 atom stereocenters. The summed E-state index contributed by atoms with van der Waals surface area (Å²) in [5.41, 5.74) is -2.33. The minimum absolute atomic E-state index is 0.175.